The van der Waals surface area contributed by atoms with Crippen LogP contribution in [0.3, 0.4) is 0 Å². The molecule has 1 rings (SSSR count). The van der Waals surface area contributed by atoms with Gasteiger partial charge in [-0.2, -0.15) is 0 Å². The quantitative estimate of drug-likeness (QED) is 0.637. The Kier molecular flexibility index (Phi) is 7.25. The van der Waals surface area contributed by atoms with Crippen LogP contribution in [0.2, 0.25) is 0 Å². The van der Waals surface area contributed by atoms with Crippen molar-refractivity contribution in [1.82, 2.24) is 0 Å². The molecule has 1 aromatic rings. The summed E-state index contributed by atoms with van der Waals surface area (Å²) in [4.78, 5) is 23.6. The highest BCUT2D eigenvalue weighted by molar-refractivity contribution is 5.98. The molecule has 0 heterocycles. The van der Waals surface area contributed by atoms with Crippen LogP contribution in [0.25, 0.3) is 0 Å². The zero-order valence-electron chi connectivity index (χ0n) is 12.6. The number of amides is 1. The fourth-order valence-electron chi connectivity index (χ4n) is 1.81. The second-order valence-electron chi connectivity index (χ2n) is 4.45. The minimum atomic E-state index is -0.405. The molecule has 0 aliphatic heterocycles. The van der Waals surface area contributed by atoms with Crippen molar-refractivity contribution in [3.05, 3.63) is 23.8 Å². The molecular weight excluding hydrogens is 270 g/mol. The van der Waals surface area contributed by atoms with Crippen LogP contribution >= 0.6 is 0 Å². The first-order valence-electron chi connectivity index (χ1n) is 7.17. The third kappa shape index (κ3) is 5.43. The fourth-order valence-corrected chi connectivity index (χ4v) is 1.81. The minimum absolute atomic E-state index is 0.124. The van der Waals surface area contributed by atoms with Crippen molar-refractivity contribution in [2.45, 2.75) is 26.7 Å². The number of benzene rings is 1. The number of hydrogen-bond acceptors (Lipinski definition) is 5. The number of carbonyl (C=O) groups is 2. The first-order chi connectivity index (χ1) is 10.1. The number of nitrogens with one attached hydrogen (secondary N) is 2. The normalized spacial score (nSPS) is 10.0. The average molecular weight is 293 g/mol. The maximum absolute atomic E-state index is 11.8. The van der Waals surface area contributed by atoms with Crippen LogP contribution in [-0.2, 0) is 9.53 Å². The van der Waals surface area contributed by atoms with Gasteiger partial charge in [-0.3, -0.25) is 4.79 Å². The van der Waals surface area contributed by atoms with E-state index in [1.54, 1.807) is 25.1 Å². The second kappa shape index (κ2) is 8.97. The van der Waals surface area contributed by atoms with Crippen molar-refractivity contribution in [3.63, 3.8) is 0 Å². The topological polar surface area (TPSA) is 93.5 Å². The Balaban J connectivity index is 2.92. The van der Waals surface area contributed by atoms with E-state index in [-0.39, 0.29) is 5.91 Å². The molecule has 0 spiro atoms. The van der Waals surface area contributed by atoms with Gasteiger partial charge >= 0.3 is 5.97 Å². The van der Waals surface area contributed by atoms with Crippen molar-refractivity contribution < 1.29 is 14.3 Å². The molecule has 0 aliphatic carbocycles. The Hall–Kier alpha value is -2.08. The van der Waals surface area contributed by atoms with Crippen LogP contribution in [0.1, 0.15) is 37.0 Å². The fraction of sp³-hybridized carbons (Fsp3) is 0.467. The maximum atomic E-state index is 11.8. The van der Waals surface area contributed by atoms with Gasteiger partial charge in [-0.1, -0.05) is 0 Å². The predicted octanol–water partition coefficient (Wildman–Crippen LogP) is 1.97. The second-order valence-corrected chi connectivity index (χ2v) is 4.45. The van der Waals surface area contributed by atoms with E-state index in [1.165, 1.54) is 0 Å². The lowest BCUT2D eigenvalue weighted by Gasteiger charge is -2.13. The van der Waals surface area contributed by atoms with Gasteiger partial charge in [0.05, 0.1) is 23.5 Å². The molecule has 6 heteroatoms. The third-order valence-electron chi connectivity index (χ3n) is 2.78. The summed E-state index contributed by atoms with van der Waals surface area (Å²) in [6.45, 7) is 5.20. The van der Waals surface area contributed by atoms with Gasteiger partial charge < -0.3 is 21.1 Å². The summed E-state index contributed by atoms with van der Waals surface area (Å²) >= 11 is 0. The van der Waals surface area contributed by atoms with Crippen LogP contribution < -0.4 is 16.4 Å². The summed E-state index contributed by atoms with van der Waals surface area (Å²) in [6, 6.07) is 5.05. The van der Waals surface area contributed by atoms with E-state index in [0.29, 0.717) is 43.8 Å². The van der Waals surface area contributed by atoms with Gasteiger partial charge in [-0.25, -0.2) is 4.79 Å². The molecule has 0 fully saturated rings. The van der Waals surface area contributed by atoms with Crippen molar-refractivity contribution in [2.75, 3.05) is 30.3 Å². The van der Waals surface area contributed by atoms with Gasteiger partial charge in [0.1, 0.15) is 0 Å². The molecule has 0 aliphatic rings. The number of rotatable bonds is 8. The monoisotopic (exact) mass is 293 g/mol. The van der Waals surface area contributed by atoms with E-state index in [4.69, 9.17) is 10.5 Å². The highest BCUT2D eigenvalue weighted by atomic mass is 16.5. The molecule has 4 N–H and O–H groups in total. The summed E-state index contributed by atoms with van der Waals surface area (Å²) in [5.41, 5.74) is 7.14. The molecular formula is C15H23N3O3. The van der Waals surface area contributed by atoms with E-state index >= 15 is 0 Å². The van der Waals surface area contributed by atoms with Gasteiger partial charge in [-0.15, -0.1) is 0 Å². The van der Waals surface area contributed by atoms with Crippen molar-refractivity contribution in [1.29, 1.82) is 0 Å². The molecule has 1 aromatic carbocycles. The van der Waals surface area contributed by atoms with Crippen molar-refractivity contribution >= 4 is 23.3 Å². The number of hydrogen-bond donors (Lipinski definition) is 3. The molecule has 0 saturated carbocycles. The number of ether oxygens (including phenoxy) is 1. The Morgan fingerprint density at radius 3 is 2.62 bits per heavy atom. The van der Waals surface area contributed by atoms with Gasteiger partial charge in [0, 0.05) is 13.0 Å². The number of esters is 1. The van der Waals surface area contributed by atoms with Gasteiger partial charge in [0.25, 0.3) is 0 Å². The standard InChI is InChI=1S/C15H23N3O3/c1-3-17-12-8-7-11(15(20)21-4-2)10-13(12)18-14(19)6-5-9-16/h7-8,10,17H,3-6,9,16H2,1-2H3,(H,18,19). The van der Waals surface area contributed by atoms with Crippen molar-refractivity contribution in [2.24, 2.45) is 5.73 Å². The number of anilines is 2. The summed E-state index contributed by atoms with van der Waals surface area (Å²) < 4.78 is 4.96. The van der Waals surface area contributed by atoms with Gasteiger partial charge in [0.2, 0.25) is 5.91 Å². The molecule has 0 aromatic heterocycles. The summed E-state index contributed by atoms with van der Waals surface area (Å²) in [5.74, 6) is -0.529. The van der Waals surface area contributed by atoms with Crippen LogP contribution in [0.4, 0.5) is 11.4 Å². The molecule has 1 amide bonds. The lowest BCUT2D eigenvalue weighted by atomic mass is 10.1. The minimum Gasteiger partial charge on any atom is -0.462 e. The van der Waals surface area contributed by atoms with E-state index in [1.807, 2.05) is 6.92 Å². The van der Waals surface area contributed by atoms with E-state index in [0.717, 1.165) is 5.69 Å². The Morgan fingerprint density at radius 2 is 2.00 bits per heavy atom. The van der Waals surface area contributed by atoms with Gasteiger partial charge in [-0.05, 0) is 45.0 Å². The largest absolute Gasteiger partial charge is 0.462 e. The predicted molar refractivity (Wildman–Crippen MR) is 83.5 cm³/mol. The van der Waals surface area contributed by atoms with E-state index < -0.39 is 5.97 Å². The SMILES string of the molecule is CCNc1ccc(C(=O)OCC)cc1NC(=O)CCCN. The van der Waals surface area contributed by atoms with Crippen LogP contribution in [-0.4, -0.2) is 31.6 Å². The zero-order chi connectivity index (χ0) is 15.7. The van der Waals surface area contributed by atoms with Crippen molar-refractivity contribution in [3.8, 4) is 0 Å². The molecule has 0 saturated heterocycles. The van der Waals surface area contributed by atoms with Gasteiger partial charge in [0.15, 0.2) is 0 Å². The maximum Gasteiger partial charge on any atom is 0.338 e. The molecule has 0 bridgehead atoms. The summed E-state index contributed by atoms with van der Waals surface area (Å²) in [6.07, 6.45) is 0.978. The highest BCUT2D eigenvalue weighted by Crippen LogP contribution is 2.24. The molecule has 116 valence electrons. The van der Waals surface area contributed by atoms with E-state index in [2.05, 4.69) is 10.6 Å². The number of nitrogens with two attached hydrogens (primary N) is 1. The van der Waals surface area contributed by atoms with Crippen LogP contribution in [0, 0.1) is 0 Å². The Labute approximate surface area is 125 Å². The first kappa shape index (κ1) is 17.0. The molecule has 0 unspecified atom stereocenters. The molecule has 0 atom stereocenters. The van der Waals surface area contributed by atoms with Crippen LogP contribution in [0.5, 0.6) is 0 Å². The average Bonchev–Trinajstić information content (AvgIpc) is 2.47. The Bertz CT molecular complexity index is 489. The van der Waals surface area contributed by atoms with E-state index in [9.17, 15) is 9.59 Å². The Morgan fingerprint density at radius 1 is 1.24 bits per heavy atom. The lowest BCUT2D eigenvalue weighted by Crippen LogP contribution is -2.16. The molecule has 6 nitrogen and oxygen atoms in total. The smallest absolute Gasteiger partial charge is 0.338 e. The van der Waals surface area contributed by atoms with Crippen LogP contribution in [0.15, 0.2) is 18.2 Å². The molecule has 21 heavy (non-hydrogen) atoms. The number of carbonyl (C=O) groups excluding carboxylic acids is 2. The first-order valence-corrected chi connectivity index (χ1v) is 7.17. The summed E-state index contributed by atoms with van der Waals surface area (Å²) in [5, 5.41) is 5.95. The molecule has 0 radical (unpaired) electrons. The summed E-state index contributed by atoms with van der Waals surface area (Å²) in [7, 11) is 0. The third-order valence-corrected chi connectivity index (χ3v) is 2.78. The zero-order valence-corrected chi connectivity index (χ0v) is 12.6. The highest BCUT2D eigenvalue weighted by Gasteiger charge is 2.12. The lowest BCUT2D eigenvalue weighted by molar-refractivity contribution is -0.116.